The number of nitrogens with one attached hydrogen (secondary N) is 1. The van der Waals surface area contributed by atoms with Crippen LogP contribution in [0.5, 0.6) is 0 Å². The minimum Gasteiger partial charge on any atom is -0.350 e. The first-order valence-corrected chi connectivity index (χ1v) is 5.24. The predicted octanol–water partition coefficient (Wildman–Crippen LogP) is 2.23. The van der Waals surface area contributed by atoms with Gasteiger partial charge in [-0.1, -0.05) is 47.1 Å². The molecule has 0 saturated carbocycles. The third-order valence-electron chi connectivity index (χ3n) is 2.41. The van der Waals surface area contributed by atoms with E-state index in [9.17, 15) is 4.79 Å². The van der Waals surface area contributed by atoms with Crippen molar-refractivity contribution < 1.29 is 4.52 Å². The lowest BCUT2D eigenvalue weighted by molar-refractivity contribution is 0.456. The number of halogens is 1. The summed E-state index contributed by atoms with van der Waals surface area (Å²) in [5.41, 5.74) is 0.979. The SMILES string of the molecule is O=c1[nH]nc(Cl)c2c(-c3ccccc3)noc12. The Bertz CT molecular complexity index is 733. The number of fused-ring (bicyclic) bond motifs is 1. The topological polar surface area (TPSA) is 71.8 Å². The van der Waals surface area contributed by atoms with E-state index >= 15 is 0 Å². The molecule has 0 aliphatic rings. The zero-order valence-corrected chi connectivity index (χ0v) is 9.23. The highest BCUT2D eigenvalue weighted by atomic mass is 35.5. The number of nitrogens with zero attached hydrogens (tertiary/aromatic N) is 2. The molecule has 3 aromatic rings. The number of hydrogen-bond donors (Lipinski definition) is 1. The van der Waals surface area contributed by atoms with Gasteiger partial charge in [0.15, 0.2) is 5.15 Å². The Balaban J connectivity index is 2.40. The van der Waals surface area contributed by atoms with Gasteiger partial charge in [-0.15, -0.1) is 0 Å². The van der Waals surface area contributed by atoms with Gasteiger partial charge in [-0.3, -0.25) is 4.79 Å². The molecular weight excluding hydrogens is 242 g/mol. The predicted molar refractivity (Wildman–Crippen MR) is 62.9 cm³/mol. The van der Waals surface area contributed by atoms with Gasteiger partial charge >= 0.3 is 5.56 Å². The van der Waals surface area contributed by atoms with Crippen LogP contribution in [-0.4, -0.2) is 15.4 Å². The Morgan fingerprint density at radius 1 is 1.24 bits per heavy atom. The van der Waals surface area contributed by atoms with E-state index in [-0.39, 0.29) is 10.7 Å². The number of benzene rings is 1. The van der Waals surface area contributed by atoms with Crippen LogP contribution in [0.4, 0.5) is 0 Å². The van der Waals surface area contributed by atoms with Gasteiger partial charge in [-0.2, -0.15) is 5.10 Å². The number of hydrogen-bond acceptors (Lipinski definition) is 4. The van der Waals surface area contributed by atoms with Crippen LogP contribution in [0.2, 0.25) is 5.15 Å². The summed E-state index contributed by atoms with van der Waals surface area (Å²) in [4.78, 5) is 11.5. The van der Waals surface area contributed by atoms with Crippen LogP contribution in [0.1, 0.15) is 0 Å². The normalized spacial score (nSPS) is 10.9. The molecule has 0 aliphatic carbocycles. The molecule has 0 aliphatic heterocycles. The number of rotatable bonds is 1. The monoisotopic (exact) mass is 247 g/mol. The van der Waals surface area contributed by atoms with Crippen LogP contribution in [-0.2, 0) is 0 Å². The minimum atomic E-state index is -0.445. The van der Waals surface area contributed by atoms with Gasteiger partial charge < -0.3 is 4.52 Å². The van der Waals surface area contributed by atoms with Crippen molar-refractivity contribution in [3.05, 3.63) is 45.8 Å². The highest BCUT2D eigenvalue weighted by Crippen LogP contribution is 2.29. The van der Waals surface area contributed by atoms with Gasteiger partial charge in [0, 0.05) is 5.56 Å². The van der Waals surface area contributed by atoms with Gasteiger partial charge in [0.2, 0.25) is 5.58 Å². The van der Waals surface area contributed by atoms with Crippen molar-refractivity contribution >= 4 is 22.6 Å². The molecule has 0 atom stereocenters. The lowest BCUT2D eigenvalue weighted by atomic mass is 10.1. The summed E-state index contributed by atoms with van der Waals surface area (Å²) in [6.45, 7) is 0. The fourth-order valence-electron chi connectivity index (χ4n) is 1.64. The Morgan fingerprint density at radius 3 is 2.76 bits per heavy atom. The molecule has 0 spiro atoms. The second-order valence-electron chi connectivity index (χ2n) is 3.44. The van der Waals surface area contributed by atoms with Crippen molar-refractivity contribution in [2.24, 2.45) is 0 Å². The van der Waals surface area contributed by atoms with Crippen molar-refractivity contribution in [2.45, 2.75) is 0 Å². The summed E-state index contributed by atoms with van der Waals surface area (Å²) in [5.74, 6) is 0. The average molecular weight is 248 g/mol. The number of aromatic amines is 1. The first-order chi connectivity index (χ1) is 8.27. The van der Waals surface area contributed by atoms with E-state index in [0.29, 0.717) is 11.1 Å². The lowest BCUT2D eigenvalue weighted by Gasteiger charge is -1.96. The molecule has 6 heteroatoms. The van der Waals surface area contributed by atoms with Gasteiger partial charge in [0.1, 0.15) is 5.69 Å². The Kier molecular flexibility index (Phi) is 2.19. The van der Waals surface area contributed by atoms with Gasteiger partial charge in [0.05, 0.1) is 5.39 Å². The molecule has 0 bridgehead atoms. The maximum absolute atomic E-state index is 11.5. The molecule has 5 nitrogen and oxygen atoms in total. The summed E-state index contributed by atoms with van der Waals surface area (Å²) in [6.07, 6.45) is 0. The summed E-state index contributed by atoms with van der Waals surface area (Å²) >= 11 is 5.94. The van der Waals surface area contributed by atoms with Crippen molar-refractivity contribution in [3.8, 4) is 11.3 Å². The fourth-order valence-corrected chi connectivity index (χ4v) is 1.85. The molecule has 3 rings (SSSR count). The first-order valence-electron chi connectivity index (χ1n) is 4.86. The molecule has 0 radical (unpaired) electrons. The molecular formula is C11H6ClN3O2. The molecule has 0 unspecified atom stereocenters. The van der Waals surface area contributed by atoms with E-state index < -0.39 is 5.56 Å². The maximum Gasteiger partial charge on any atom is 0.310 e. The van der Waals surface area contributed by atoms with Crippen LogP contribution in [0.15, 0.2) is 39.6 Å². The van der Waals surface area contributed by atoms with E-state index in [2.05, 4.69) is 15.4 Å². The third kappa shape index (κ3) is 1.52. The molecule has 2 aromatic heterocycles. The zero-order valence-electron chi connectivity index (χ0n) is 8.48. The number of aromatic nitrogens is 3. The third-order valence-corrected chi connectivity index (χ3v) is 2.68. The van der Waals surface area contributed by atoms with Crippen LogP contribution < -0.4 is 5.56 Å². The molecule has 0 fully saturated rings. The standard InChI is InChI=1S/C11H6ClN3O2/c12-10-7-8(6-4-2-1-3-5-6)15-17-9(7)11(16)14-13-10/h1-5H,(H,14,16). The second-order valence-corrected chi connectivity index (χ2v) is 3.80. The molecule has 0 saturated heterocycles. The van der Waals surface area contributed by atoms with E-state index in [1.54, 1.807) is 0 Å². The summed E-state index contributed by atoms with van der Waals surface area (Å²) in [7, 11) is 0. The quantitative estimate of drug-likeness (QED) is 0.716. The van der Waals surface area contributed by atoms with E-state index in [4.69, 9.17) is 16.1 Å². The van der Waals surface area contributed by atoms with Crippen LogP contribution in [0.3, 0.4) is 0 Å². The first kappa shape index (κ1) is 10.0. The van der Waals surface area contributed by atoms with Crippen LogP contribution in [0.25, 0.3) is 22.2 Å². The maximum atomic E-state index is 11.5. The zero-order chi connectivity index (χ0) is 11.8. The summed E-state index contributed by atoms with van der Waals surface area (Å²) in [6, 6.07) is 9.33. The lowest BCUT2D eigenvalue weighted by Crippen LogP contribution is -2.06. The minimum absolute atomic E-state index is 0.0869. The highest BCUT2D eigenvalue weighted by Gasteiger charge is 2.17. The molecule has 0 amide bonds. The highest BCUT2D eigenvalue weighted by molar-refractivity contribution is 6.34. The Hall–Kier alpha value is -2.14. The molecule has 2 heterocycles. The van der Waals surface area contributed by atoms with Crippen molar-refractivity contribution in [3.63, 3.8) is 0 Å². The summed E-state index contributed by atoms with van der Waals surface area (Å²) in [5, 5.41) is 10.4. The Labute approximate surface area is 100 Å². The van der Waals surface area contributed by atoms with Crippen LogP contribution >= 0.6 is 11.6 Å². The van der Waals surface area contributed by atoms with Crippen molar-refractivity contribution in [1.29, 1.82) is 0 Å². The average Bonchev–Trinajstić information content (AvgIpc) is 2.81. The molecule has 84 valence electrons. The largest absolute Gasteiger partial charge is 0.350 e. The molecule has 1 N–H and O–H groups in total. The van der Waals surface area contributed by atoms with Crippen molar-refractivity contribution in [1.82, 2.24) is 15.4 Å². The molecule has 17 heavy (non-hydrogen) atoms. The second kappa shape index (κ2) is 3.71. The van der Waals surface area contributed by atoms with Gasteiger partial charge in [-0.05, 0) is 0 Å². The Morgan fingerprint density at radius 2 is 2.00 bits per heavy atom. The van der Waals surface area contributed by atoms with E-state index in [1.807, 2.05) is 30.3 Å². The fraction of sp³-hybridized carbons (Fsp3) is 0. The summed E-state index contributed by atoms with van der Waals surface area (Å²) < 4.78 is 5.00. The van der Waals surface area contributed by atoms with Crippen LogP contribution in [0, 0.1) is 0 Å². The number of H-pyrrole nitrogens is 1. The smallest absolute Gasteiger partial charge is 0.310 e. The van der Waals surface area contributed by atoms with E-state index in [0.717, 1.165) is 5.56 Å². The van der Waals surface area contributed by atoms with Crippen molar-refractivity contribution in [2.75, 3.05) is 0 Å². The van der Waals surface area contributed by atoms with Gasteiger partial charge in [0.25, 0.3) is 0 Å². The van der Waals surface area contributed by atoms with Gasteiger partial charge in [-0.25, -0.2) is 5.10 Å². The van der Waals surface area contributed by atoms with E-state index in [1.165, 1.54) is 0 Å². The molecule has 1 aromatic carbocycles.